The van der Waals surface area contributed by atoms with Gasteiger partial charge in [0.25, 0.3) is 0 Å². The van der Waals surface area contributed by atoms with Crippen LogP contribution in [0.2, 0.25) is 0 Å². The summed E-state index contributed by atoms with van der Waals surface area (Å²) in [5.41, 5.74) is 2.48. The molecule has 1 N–H and O–H groups in total. The zero-order valence-corrected chi connectivity index (χ0v) is 13.5. The molecule has 122 valence electrons. The SMILES string of the molecule is OCC1CCCN(Cc2ccc(OCc3ccccc3)cc2)C1. The van der Waals surface area contributed by atoms with Gasteiger partial charge in [-0.1, -0.05) is 42.5 Å². The van der Waals surface area contributed by atoms with Gasteiger partial charge in [0.1, 0.15) is 12.4 Å². The first-order valence-corrected chi connectivity index (χ1v) is 8.42. The molecule has 1 aliphatic heterocycles. The van der Waals surface area contributed by atoms with E-state index >= 15 is 0 Å². The Balaban J connectivity index is 1.51. The second-order valence-corrected chi connectivity index (χ2v) is 6.34. The van der Waals surface area contributed by atoms with E-state index in [0.717, 1.165) is 31.8 Å². The lowest BCUT2D eigenvalue weighted by molar-refractivity contribution is 0.116. The molecule has 0 amide bonds. The second-order valence-electron chi connectivity index (χ2n) is 6.34. The van der Waals surface area contributed by atoms with Gasteiger partial charge < -0.3 is 9.84 Å². The van der Waals surface area contributed by atoms with Crippen LogP contribution in [0.15, 0.2) is 54.6 Å². The van der Waals surface area contributed by atoms with Gasteiger partial charge in [-0.3, -0.25) is 4.90 Å². The van der Waals surface area contributed by atoms with Gasteiger partial charge >= 0.3 is 0 Å². The molecule has 0 spiro atoms. The Morgan fingerprint density at radius 2 is 1.78 bits per heavy atom. The number of benzene rings is 2. The van der Waals surface area contributed by atoms with Gasteiger partial charge in [-0.25, -0.2) is 0 Å². The molecule has 1 heterocycles. The van der Waals surface area contributed by atoms with E-state index in [1.807, 2.05) is 30.3 Å². The molecule has 23 heavy (non-hydrogen) atoms. The maximum Gasteiger partial charge on any atom is 0.119 e. The van der Waals surface area contributed by atoms with Gasteiger partial charge in [0, 0.05) is 19.7 Å². The van der Waals surface area contributed by atoms with E-state index in [1.54, 1.807) is 0 Å². The molecule has 3 rings (SSSR count). The molecule has 1 atom stereocenters. The standard InChI is InChI=1S/C20H25NO2/c22-15-19-7-4-12-21(14-19)13-17-8-10-20(11-9-17)23-16-18-5-2-1-3-6-18/h1-3,5-6,8-11,19,22H,4,7,12-16H2. The minimum Gasteiger partial charge on any atom is -0.489 e. The molecule has 0 bridgehead atoms. The van der Waals surface area contributed by atoms with Crippen LogP contribution in [0.1, 0.15) is 24.0 Å². The summed E-state index contributed by atoms with van der Waals surface area (Å²) in [6.07, 6.45) is 2.34. The number of aliphatic hydroxyl groups excluding tert-OH is 1. The summed E-state index contributed by atoms with van der Waals surface area (Å²) in [7, 11) is 0. The first-order chi connectivity index (χ1) is 11.3. The first kappa shape index (κ1) is 16.0. The Kier molecular flexibility index (Phi) is 5.67. The van der Waals surface area contributed by atoms with Gasteiger partial charge in [-0.05, 0) is 48.6 Å². The molecule has 0 aromatic heterocycles. The fraction of sp³-hybridized carbons (Fsp3) is 0.400. The molecule has 1 unspecified atom stereocenters. The van der Waals surface area contributed by atoms with Crippen LogP contribution in [0.4, 0.5) is 0 Å². The minimum atomic E-state index is 0.308. The number of hydrogen-bond acceptors (Lipinski definition) is 3. The highest BCUT2D eigenvalue weighted by Crippen LogP contribution is 2.20. The molecule has 3 nitrogen and oxygen atoms in total. The molecule has 1 fully saturated rings. The fourth-order valence-electron chi connectivity index (χ4n) is 3.13. The van der Waals surface area contributed by atoms with Crippen molar-refractivity contribution in [2.24, 2.45) is 5.92 Å². The molecule has 3 heteroatoms. The third-order valence-corrected chi connectivity index (χ3v) is 4.44. The number of piperidine rings is 1. The third-order valence-electron chi connectivity index (χ3n) is 4.44. The van der Waals surface area contributed by atoms with Crippen molar-refractivity contribution < 1.29 is 9.84 Å². The Bertz CT molecular complexity index is 582. The van der Waals surface area contributed by atoms with Crippen LogP contribution in [0.3, 0.4) is 0 Å². The van der Waals surface area contributed by atoms with Crippen molar-refractivity contribution in [2.75, 3.05) is 19.7 Å². The Morgan fingerprint density at radius 1 is 1.00 bits per heavy atom. The summed E-state index contributed by atoms with van der Waals surface area (Å²) in [4.78, 5) is 2.43. The first-order valence-electron chi connectivity index (χ1n) is 8.42. The normalized spacial score (nSPS) is 18.7. The smallest absolute Gasteiger partial charge is 0.119 e. The molecule has 1 aliphatic rings. The van der Waals surface area contributed by atoms with E-state index < -0.39 is 0 Å². The van der Waals surface area contributed by atoms with Crippen LogP contribution >= 0.6 is 0 Å². The number of likely N-dealkylation sites (tertiary alicyclic amines) is 1. The largest absolute Gasteiger partial charge is 0.489 e. The average Bonchev–Trinajstić information content (AvgIpc) is 2.62. The maximum atomic E-state index is 9.32. The van der Waals surface area contributed by atoms with E-state index in [1.165, 1.54) is 17.5 Å². The second kappa shape index (κ2) is 8.14. The molecular weight excluding hydrogens is 286 g/mol. The predicted octanol–water partition coefficient (Wildman–Crippen LogP) is 3.47. The topological polar surface area (TPSA) is 32.7 Å². The van der Waals surface area contributed by atoms with E-state index in [4.69, 9.17) is 4.74 Å². The third kappa shape index (κ3) is 4.81. The Morgan fingerprint density at radius 3 is 2.52 bits per heavy atom. The van der Waals surface area contributed by atoms with Crippen LogP contribution in [-0.2, 0) is 13.2 Å². The quantitative estimate of drug-likeness (QED) is 0.886. The van der Waals surface area contributed by atoms with E-state index in [2.05, 4.69) is 29.2 Å². The summed E-state index contributed by atoms with van der Waals surface area (Å²) >= 11 is 0. The van der Waals surface area contributed by atoms with E-state index in [-0.39, 0.29) is 0 Å². The Hall–Kier alpha value is -1.84. The molecule has 0 radical (unpaired) electrons. The molecular formula is C20H25NO2. The van der Waals surface area contributed by atoms with Gasteiger partial charge in [-0.2, -0.15) is 0 Å². The number of hydrogen-bond donors (Lipinski definition) is 1. The van der Waals surface area contributed by atoms with Gasteiger partial charge in [0.15, 0.2) is 0 Å². The van der Waals surface area contributed by atoms with Crippen LogP contribution in [0, 0.1) is 5.92 Å². The van der Waals surface area contributed by atoms with Crippen molar-refractivity contribution in [3.05, 3.63) is 65.7 Å². The van der Waals surface area contributed by atoms with Gasteiger partial charge in [0.05, 0.1) is 0 Å². The van der Waals surface area contributed by atoms with Crippen molar-refractivity contribution in [2.45, 2.75) is 26.0 Å². The molecule has 0 aliphatic carbocycles. The van der Waals surface area contributed by atoms with Crippen LogP contribution in [-0.4, -0.2) is 29.7 Å². The molecule has 2 aromatic rings. The fourth-order valence-corrected chi connectivity index (χ4v) is 3.13. The Labute approximate surface area is 138 Å². The lowest BCUT2D eigenvalue weighted by Crippen LogP contribution is -2.36. The highest BCUT2D eigenvalue weighted by Gasteiger charge is 2.18. The van der Waals surface area contributed by atoms with Crippen molar-refractivity contribution in [3.8, 4) is 5.75 Å². The predicted molar refractivity (Wildman–Crippen MR) is 92.3 cm³/mol. The van der Waals surface area contributed by atoms with E-state index in [9.17, 15) is 5.11 Å². The minimum absolute atomic E-state index is 0.308. The number of rotatable bonds is 6. The summed E-state index contributed by atoms with van der Waals surface area (Å²) in [5, 5.41) is 9.32. The molecule has 0 saturated carbocycles. The van der Waals surface area contributed by atoms with Crippen LogP contribution in [0.25, 0.3) is 0 Å². The van der Waals surface area contributed by atoms with Crippen LogP contribution in [0.5, 0.6) is 5.75 Å². The highest BCUT2D eigenvalue weighted by molar-refractivity contribution is 5.27. The van der Waals surface area contributed by atoms with Crippen LogP contribution < -0.4 is 4.74 Å². The zero-order valence-electron chi connectivity index (χ0n) is 13.5. The lowest BCUT2D eigenvalue weighted by atomic mass is 9.98. The highest BCUT2D eigenvalue weighted by atomic mass is 16.5. The van der Waals surface area contributed by atoms with Gasteiger partial charge in [0.2, 0.25) is 0 Å². The summed E-state index contributed by atoms with van der Waals surface area (Å²) in [6, 6.07) is 18.6. The maximum absolute atomic E-state index is 9.32. The van der Waals surface area contributed by atoms with Crippen molar-refractivity contribution in [3.63, 3.8) is 0 Å². The zero-order chi connectivity index (χ0) is 15.9. The summed E-state index contributed by atoms with van der Waals surface area (Å²) < 4.78 is 5.82. The summed E-state index contributed by atoms with van der Waals surface area (Å²) in [5.74, 6) is 1.35. The number of aliphatic hydroxyl groups is 1. The summed E-state index contributed by atoms with van der Waals surface area (Å²) in [6.45, 7) is 3.99. The average molecular weight is 311 g/mol. The van der Waals surface area contributed by atoms with E-state index in [0.29, 0.717) is 19.1 Å². The number of nitrogens with zero attached hydrogens (tertiary/aromatic N) is 1. The lowest BCUT2D eigenvalue weighted by Gasteiger charge is -2.31. The van der Waals surface area contributed by atoms with Crippen molar-refractivity contribution in [1.29, 1.82) is 0 Å². The monoisotopic (exact) mass is 311 g/mol. The van der Waals surface area contributed by atoms with Crippen molar-refractivity contribution in [1.82, 2.24) is 4.90 Å². The van der Waals surface area contributed by atoms with Gasteiger partial charge in [-0.15, -0.1) is 0 Å². The molecule has 1 saturated heterocycles. The number of ether oxygens (including phenoxy) is 1. The van der Waals surface area contributed by atoms with Crippen molar-refractivity contribution >= 4 is 0 Å². The molecule has 2 aromatic carbocycles.